The van der Waals surface area contributed by atoms with Gasteiger partial charge in [0.05, 0.1) is 23.9 Å². The molecular weight excluding hydrogens is 315 g/mol. The maximum atomic E-state index is 12.0. The molecule has 0 atom stereocenters. The van der Waals surface area contributed by atoms with Gasteiger partial charge in [0.15, 0.2) is 0 Å². The van der Waals surface area contributed by atoms with E-state index in [0.717, 1.165) is 0 Å². The highest BCUT2D eigenvalue weighted by atomic mass is 35.5. The lowest BCUT2D eigenvalue weighted by molar-refractivity contribution is -0.116. The quantitative estimate of drug-likeness (QED) is 0.771. The molecule has 1 fully saturated rings. The van der Waals surface area contributed by atoms with E-state index in [2.05, 4.69) is 10.6 Å². The second-order valence-electron chi connectivity index (χ2n) is 5.08. The fourth-order valence-corrected chi connectivity index (χ4v) is 2.55. The monoisotopic (exact) mass is 332 g/mol. The first-order valence-electron chi connectivity index (χ1n) is 6.73. The van der Waals surface area contributed by atoms with Crippen molar-refractivity contribution in [3.63, 3.8) is 0 Å². The fraction of sp³-hybridized carbons (Fsp3) is 0.500. The van der Waals surface area contributed by atoms with Crippen LogP contribution in [0, 0.1) is 0 Å². The first-order chi connectivity index (χ1) is 10.0. The summed E-state index contributed by atoms with van der Waals surface area (Å²) in [6, 6.07) is 4.87. The Morgan fingerprint density at radius 1 is 1.33 bits per heavy atom. The number of benzene rings is 1. The van der Waals surface area contributed by atoms with E-state index in [1.807, 2.05) is 0 Å². The number of carbonyl (C=O) groups is 1. The highest BCUT2D eigenvalue weighted by Crippen LogP contribution is 2.25. The third-order valence-corrected chi connectivity index (χ3v) is 4.14. The first-order valence-corrected chi connectivity index (χ1v) is 7.49. The van der Waals surface area contributed by atoms with E-state index in [-0.39, 0.29) is 19.1 Å². The van der Waals surface area contributed by atoms with Gasteiger partial charge >= 0.3 is 0 Å². The number of hydrogen-bond donors (Lipinski definition) is 3. The molecular formula is C14H18Cl2N2O3. The predicted molar refractivity (Wildman–Crippen MR) is 83.0 cm³/mol. The van der Waals surface area contributed by atoms with Gasteiger partial charge in [-0.1, -0.05) is 23.2 Å². The zero-order valence-electron chi connectivity index (χ0n) is 11.5. The molecule has 1 saturated heterocycles. The van der Waals surface area contributed by atoms with Crippen molar-refractivity contribution >= 4 is 34.8 Å². The molecule has 5 nitrogen and oxygen atoms in total. The summed E-state index contributed by atoms with van der Waals surface area (Å²) in [4.78, 5) is 12.0. The average Bonchev–Trinajstić information content (AvgIpc) is 2.50. The third kappa shape index (κ3) is 4.56. The maximum Gasteiger partial charge on any atom is 0.238 e. The van der Waals surface area contributed by atoms with Crippen molar-refractivity contribution in [3.8, 4) is 0 Å². The summed E-state index contributed by atoms with van der Waals surface area (Å²) in [5, 5.41) is 16.3. The van der Waals surface area contributed by atoms with Crippen molar-refractivity contribution in [2.75, 3.05) is 31.7 Å². The summed E-state index contributed by atoms with van der Waals surface area (Å²) in [6.07, 6.45) is 1.35. The van der Waals surface area contributed by atoms with Crippen LogP contribution in [0.1, 0.15) is 12.8 Å². The molecule has 1 heterocycles. The minimum Gasteiger partial charge on any atom is -0.394 e. The molecule has 1 amide bonds. The molecule has 0 radical (unpaired) electrons. The first kappa shape index (κ1) is 16.5. The molecule has 1 aliphatic rings. The van der Waals surface area contributed by atoms with Crippen LogP contribution in [0.4, 0.5) is 5.69 Å². The zero-order valence-corrected chi connectivity index (χ0v) is 13.0. The smallest absolute Gasteiger partial charge is 0.238 e. The molecule has 3 N–H and O–H groups in total. The van der Waals surface area contributed by atoms with E-state index < -0.39 is 5.54 Å². The van der Waals surface area contributed by atoms with Crippen LogP contribution < -0.4 is 10.6 Å². The molecule has 1 aromatic rings. The molecule has 2 rings (SSSR count). The second kappa shape index (κ2) is 7.42. The number of amides is 1. The molecule has 0 aromatic heterocycles. The van der Waals surface area contributed by atoms with Crippen molar-refractivity contribution in [3.05, 3.63) is 28.2 Å². The van der Waals surface area contributed by atoms with Gasteiger partial charge in [0.1, 0.15) is 0 Å². The van der Waals surface area contributed by atoms with E-state index in [1.54, 1.807) is 18.2 Å². The highest BCUT2D eigenvalue weighted by molar-refractivity contribution is 6.35. The SMILES string of the molecule is O=C(CNC1(CO)CCOCC1)Nc1cc(Cl)ccc1Cl. The van der Waals surface area contributed by atoms with Crippen molar-refractivity contribution in [1.82, 2.24) is 5.32 Å². The van der Waals surface area contributed by atoms with E-state index in [0.29, 0.717) is 41.8 Å². The highest BCUT2D eigenvalue weighted by Gasteiger charge is 2.31. The molecule has 1 aliphatic heterocycles. The largest absolute Gasteiger partial charge is 0.394 e. The number of nitrogens with one attached hydrogen (secondary N) is 2. The van der Waals surface area contributed by atoms with Gasteiger partial charge in [-0.15, -0.1) is 0 Å². The Morgan fingerprint density at radius 3 is 2.71 bits per heavy atom. The van der Waals surface area contributed by atoms with Gasteiger partial charge in [0.25, 0.3) is 0 Å². The second-order valence-corrected chi connectivity index (χ2v) is 5.92. The number of aliphatic hydroxyl groups is 1. The van der Waals surface area contributed by atoms with Gasteiger partial charge in [0, 0.05) is 23.8 Å². The Bertz CT molecular complexity index is 505. The summed E-state index contributed by atoms with van der Waals surface area (Å²) < 4.78 is 5.27. The summed E-state index contributed by atoms with van der Waals surface area (Å²) in [7, 11) is 0. The normalized spacial score (nSPS) is 17.5. The van der Waals surface area contributed by atoms with Gasteiger partial charge < -0.3 is 20.5 Å². The summed E-state index contributed by atoms with van der Waals surface area (Å²) in [5.41, 5.74) is 0.0225. The molecule has 0 unspecified atom stereocenters. The van der Waals surface area contributed by atoms with Crippen LogP contribution in [-0.4, -0.2) is 42.9 Å². The van der Waals surface area contributed by atoms with Crippen LogP contribution in [0.5, 0.6) is 0 Å². The number of carbonyl (C=O) groups excluding carboxylic acids is 1. The van der Waals surface area contributed by atoms with Crippen molar-refractivity contribution < 1.29 is 14.6 Å². The van der Waals surface area contributed by atoms with Gasteiger partial charge in [-0.05, 0) is 31.0 Å². The zero-order chi connectivity index (χ0) is 15.3. The Labute approximate surface area is 133 Å². The lowest BCUT2D eigenvalue weighted by Gasteiger charge is -2.36. The van der Waals surface area contributed by atoms with Crippen molar-refractivity contribution in [1.29, 1.82) is 0 Å². The Balaban J connectivity index is 1.91. The van der Waals surface area contributed by atoms with Crippen LogP contribution in [0.15, 0.2) is 18.2 Å². The number of hydrogen-bond acceptors (Lipinski definition) is 4. The van der Waals surface area contributed by atoms with Crippen molar-refractivity contribution in [2.24, 2.45) is 0 Å². The minimum atomic E-state index is -0.451. The minimum absolute atomic E-state index is 0.0262. The van der Waals surface area contributed by atoms with Crippen LogP contribution in [0.2, 0.25) is 10.0 Å². The fourth-order valence-electron chi connectivity index (χ4n) is 2.21. The van der Waals surface area contributed by atoms with E-state index in [9.17, 15) is 9.90 Å². The number of aliphatic hydroxyl groups excluding tert-OH is 1. The van der Waals surface area contributed by atoms with Gasteiger partial charge in [0.2, 0.25) is 5.91 Å². The van der Waals surface area contributed by atoms with Crippen LogP contribution in [0.3, 0.4) is 0 Å². The van der Waals surface area contributed by atoms with Crippen molar-refractivity contribution in [2.45, 2.75) is 18.4 Å². The van der Waals surface area contributed by atoms with Crippen LogP contribution in [0.25, 0.3) is 0 Å². The Hall–Kier alpha value is -0.850. The molecule has 21 heavy (non-hydrogen) atoms. The molecule has 116 valence electrons. The standard InChI is InChI=1S/C14H18Cl2N2O3/c15-10-1-2-11(16)12(7-10)18-13(20)8-17-14(9-19)3-5-21-6-4-14/h1-2,7,17,19H,3-6,8-9H2,(H,18,20). The summed E-state index contributed by atoms with van der Waals surface area (Å²) >= 11 is 11.9. The van der Waals surface area contributed by atoms with Gasteiger partial charge in [-0.3, -0.25) is 4.79 Å². The maximum absolute atomic E-state index is 12.0. The van der Waals surface area contributed by atoms with E-state index in [1.165, 1.54) is 0 Å². The number of rotatable bonds is 5. The molecule has 0 saturated carbocycles. The summed E-state index contributed by atoms with van der Waals surface area (Å²) in [6.45, 7) is 1.22. The lowest BCUT2D eigenvalue weighted by Crippen LogP contribution is -2.54. The van der Waals surface area contributed by atoms with Crippen LogP contribution in [-0.2, 0) is 9.53 Å². The van der Waals surface area contributed by atoms with E-state index in [4.69, 9.17) is 27.9 Å². The van der Waals surface area contributed by atoms with E-state index >= 15 is 0 Å². The number of anilines is 1. The number of halogens is 2. The van der Waals surface area contributed by atoms with Gasteiger partial charge in [-0.2, -0.15) is 0 Å². The predicted octanol–water partition coefficient (Wildman–Crippen LogP) is 2.06. The van der Waals surface area contributed by atoms with Gasteiger partial charge in [-0.25, -0.2) is 0 Å². The number of ether oxygens (including phenoxy) is 1. The average molecular weight is 333 g/mol. The molecule has 1 aromatic carbocycles. The Kier molecular flexibility index (Phi) is 5.84. The topological polar surface area (TPSA) is 70.6 Å². The lowest BCUT2D eigenvalue weighted by atomic mass is 9.91. The molecule has 0 aliphatic carbocycles. The molecule has 0 spiro atoms. The van der Waals surface area contributed by atoms with Crippen LogP contribution >= 0.6 is 23.2 Å². The summed E-state index contributed by atoms with van der Waals surface area (Å²) in [5.74, 6) is -0.238. The molecule has 7 heteroatoms. The third-order valence-electron chi connectivity index (χ3n) is 3.58. The Morgan fingerprint density at radius 2 is 2.05 bits per heavy atom. The molecule has 0 bridgehead atoms.